The molecule has 1 saturated heterocycles. The molecule has 8 nitrogen and oxygen atoms in total. The van der Waals surface area contributed by atoms with Gasteiger partial charge in [-0.3, -0.25) is 0 Å². The molecule has 2 fully saturated rings. The van der Waals surface area contributed by atoms with E-state index in [-0.39, 0.29) is 6.04 Å². The highest BCUT2D eigenvalue weighted by molar-refractivity contribution is 5.70. The zero-order valence-corrected chi connectivity index (χ0v) is 14.1. The summed E-state index contributed by atoms with van der Waals surface area (Å²) in [7, 11) is 1.94. The number of rotatable bonds is 4. The molecule has 2 aliphatic rings. The van der Waals surface area contributed by atoms with Gasteiger partial charge in [-0.15, -0.1) is 0 Å². The average molecular weight is 336 g/mol. The Morgan fingerprint density at radius 1 is 1.12 bits per heavy atom. The van der Waals surface area contributed by atoms with Crippen LogP contribution in [0, 0.1) is 0 Å². The zero-order chi connectivity index (χ0) is 16.8. The third-order valence-electron chi connectivity index (χ3n) is 4.95. The first-order valence-corrected chi connectivity index (χ1v) is 8.75. The maximum atomic E-state index is 4.74. The second kappa shape index (κ2) is 5.65. The first-order valence-electron chi connectivity index (χ1n) is 8.75. The Morgan fingerprint density at radius 2 is 2.04 bits per heavy atom. The van der Waals surface area contributed by atoms with Crippen molar-refractivity contribution in [1.82, 2.24) is 29.5 Å². The molecule has 0 radical (unpaired) electrons. The van der Waals surface area contributed by atoms with Gasteiger partial charge in [0.05, 0.1) is 12.5 Å². The van der Waals surface area contributed by atoms with Gasteiger partial charge in [0.2, 0.25) is 11.9 Å². The number of hydrogen-bond donors (Lipinski definition) is 1. The van der Waals surface area contributed by atoms with Gasteiger partial charge in [0, 0.05) is 44.0 Å². The van der Waals surface area contributed by atoms with Crippen molar-refractivity contribution in [2.45, 2.75) is 31.2 Å². The van der Waals surface area contributed by atoms with Crippen LogP contribution in [-0.4, -0.2) is 48.6 Å². The number of imidazole rings is 1. The van der Waals surface area contributed by atoms with Crippen molar-refractivity contribution in [1.29, 1.82) is 0 Å². The lowest BCUT2D eigenvalue weighted by Crippen LogP contribution is -2.28. The van der Waals surface area contributed by atoms with Crippen molar-refractivity contribution in [3.8, 4) is 0 Å². The first-order chi connectivity index (χ1) is 12.3. The largest absolute Gasteiger partial charge is 0.350 e. The summed E-state index contributed by atoms with van der Waals surface area (Å²) in [6.45, 7) is 1.80. The van der Waals surface area contributed by atoms with Gasteiger partial charge in [0.1, 0.15) is 5.52 Å². The molecule has 1 saturated carbocycles. The molecular weight excluding hydrogens is 316 g/mol. The molecule has 1 N–H and O–H groups in total. The Morgan fingerprint density at radius 3 is 2.92 bits per heavy atom. The Kier molecular flexibility index (Phi) is 3.29. The lowest BCUT2D eigenvalue weighted by molar-refractivity contribution is 0.790. The highest BCUT2D eigenvalue weighted by Crippen LogP contribution is 2.39. The van der Waals surface area contributed by atoms with E-state index in [2.05, 4.69) is 30.2 Å². The number of nitrogens with zero attached hydrogens (tertiary/aromatic N) is 7. The van der Waals surface area contributed by atoms with Crippen LogP contribution in [0.4, 0.5) is 11.9 Å². The summed E-state index contributed by atoms with van der Waals surface area (Å²) in [5.41, 5.74) is 2.84. The van der Waals surface area contributed by atoms with Crippen LogP contribution in [0.5, 0.6) is 0 Å². The Balaban J connectivity index is 1.29. The number of aryl methyl sites for hydroxylation is 1. The van der Waals surface area contributed by atoms with Crippen LogP contribution in [-0.2, 0) is 7.05 Å². The molecule has 1 unspecified atom stereocenters. The van der Waals surface area contributed by atoms with E-state index in [1.165, 1.54) is 18.5 Å². The van der Waals surface area contributed by atoms with E-state index in [4.69, 9.17) is 4.98 Å². The summed E-state index contributed by atoms with van der Waals surface area (Å²) in [4.78, 5) is 24.6. The number of aromatic nitrogens is 6. The van der Waals surface area contributed by atoms with Crippen LogP contribution in [0.15, 0.2) is 24.8 Å². The number of hydrogen-bond acceptors (Lipinski definition) is 7. The second-order valence-electron chi connectivity index (χ2n) is 6.89. The molecule has 3 aromatic heterocycles. The molecule has 0 spiro atoms. The molecule has 1 atom stereocenters. The molecule has 3 aromatic rings. The maximum absolute atomic E-state index is 4.74. The Bertz CT molecular complexity index is 916. The quantitative estimate of drug-likeness (QED) is 0.776. The maximum Gasteiger partial charge on any atom is 0.225 e. The van der Waals surface area contributed by atoms with Crippen molar-refractivity contribution in [2.75, 3.05) is 23.3 Å². The fraction of sp³-hybridized carbons (Fsp3) is 0.471. The summed E-state index contributed by atoms with van der Waals surface area (Å²) >= 11 is 0. The zero-order valence-electron chi connectivity index (χ0n) is 14.1. The predicted molar refractivity (Wildman–Crippen MR) is 94.6 cm³/mol. The molecule has 0 aromatic carbocycles. The van der Waals surface area contributed by atoms with Crippen LogP contribution in [0.2, 0.25) is 0 Å². The van der Waals surface area contributed by atoms with E-state index in [1.807, 2.05) is 30.1 Å². The summed E-state index contributed by atoms with van der Waals surface area (Å²) in [5.74, 6) is 2.12. The van der Waals surface area contributed by atoms with Gasteiger partial charge in [-0.2, -0.15) is 4.98 Å². The standard InChI is InChI=1S/C17H20N8/c1-24-10-20-15-14(24)8-19-16(23-15)21-12-5-7-25(9-12)17-18-6-4-13(22-17)11-2-3-11/h4,6,8,10-12H,2-3,5,7,9H2,1H3,(H,19,21,23). The minimum absolute atomic E-state index is 0.286. The number of nitrogens with one attached hydrogen (secondary N) is 1. The van der Waals surface area contributed by atoms with E-state index in [1.54, 1.807) is 6.33 Å². The fourth-order valence-corrected chi connectivity index (χ4v) is 3.35. The van der Waals surface area contributed by atoms with Crippen LogP contribution >= 0.6 is 0 Å². The monoisotopic (exact) mass is 336 g/mol. The molecule has 5 rings (SSSR count). The molecule has 1 aliphatic heterocycles. The molecule has 25 heavy (non-hydrogen) atoms. The number of fused-ring (bicyclic) bond motifs is 1. The van der Waals surface area contributed by atoms with Crippen LogP contribution < -0.4 is 10.2 Å². The molecule has 8 heteroatoms. The van der Waals surface area contributed by atoms with Gasteiger partial charge in [-0.1, -0.05) is 0 Å². The average Bonchev–Trinajstić information content (AvgIpc) is 3.29. The van der Waals surface area contributed by atoms with E-state index in [9.17, 15) is 0 Å². The molecular formula is C17H20N8. The van der Waals surface area contributed by atoms with Crippen molar-refractivity contribution >= 4 is 23.1 Å². The predicted octanol–water partition coefficient (Wildman–Crippen LogP) is 1.72. The fourth-order valence-electron chi connectivity index (χ4n) is 3.35. The van der Waals surface area contributed by atoms with Gasteiger partial charge in [0.25, 0.3) is 0 Å². The summed E-state index contributed by atoms with van der Waals surface area (Å²) in [6, 6.07) is 2.33. The summed E-state index contributed by atoms with van der Waals surface area (Å²) in [5, 5.41) is 3.42. The van der Waals surface area contributed by atoms with E-state index in [0.29, 0.717) is 11.9 Å². The Hall–Kier alpha value is -2.77. The Labute approximate surface area is 145 Å². The van der Waals surface area contributed by atoms with Crippen molar-refractivity contribution in [3.63, 3.8) is 0 Å². The van der Waals surface area contributed by atoms with Gasteiger partial charge in [-0.05, 0) is 25.3 Å². The summed E-state index contributed by atoms with van der Waals surface area (Å²) in [6.07, 6.45) is 8.98. The minimum Gasteiger partial charge on any atom is -0.350 e. The van der Waals surface area contributed by atoms with Crippen molar-refractivity contribution < 1.29 is 0 Å². The second-order valence-corrected chi connectivity index (χ2v) is 6.89. The number of anilines is 2. The third-order valence-corrected chi connectivity index (χ3v) is 4.95. The summed E-state index contributed by atoms with van der Waals surface area (Å²) < 4.78 is 1.92. The van der Waals surface area contributed by atoms with Crippen LogP contribution in [0.1, 0.15) is 30.9 Å². The molecule has 128 valence electrons. The molecule has 0 bridgehead atoms. The van der Waals surface area contributed by atoms with Crippen LogP contribution in [0.3, 0.4) is 0 Å². The SMILES string of the molecule is Cn1cnc2nc(NC3CCN(c4nccc(C5CC5)n4)C3)ncc21. The molecule has 4 heterocycles. The molecule has 1 aliphatic carbocycles. The van der Waals surface area contributed by atoms with Gasteiger partial charge >= 0.3 is 0 Å². The van der Waals surface area contributed by atoms with E-state index in [0.717, 1.165) is 36.6 Å². The smallest absolute Gasteiger partial charge is 0.225 e. The van der Waals surface area contributed by atoms with E-state index >= 15 is 0 Å². The van der Waals surface area contributed by atoms with Gasteiger partial charge < -0.3 is 14.8 Å². The topological polar surface area (TPSA) is 84.7 Å². The van der Waals surface area contributed by atoms with E-state index < -0.39 is 0 Å². The highest BCUT2D eigenvalue weighted by atomic mass is 15.3. The van der Waals surface area contributed by atoms with Gasteiger partial charge in [0.15, 0.2) is 5.65 Å². The minimum atomic E-state index is 0.286. The normalized spacial score (nSPS) is 20.4. The van der Waals surface area contributed by atoms with Crippen molar-refractivity contribution in [2.24, 2.45) is 7.05 Å². The lowest BCUT2D eigenvalue weighted by atomic mass is 10.3. The third kappa shape index (κ3) is 2.77. The first kappa shape index (κ1) is 14.6. The van der Waals surface area contributed by atoms with Crippen molar-refractivity contribution in [3.05, 3.63) is 30.5 Å². The highest BCUT2D eigenvalue weighted by Gasteiger charge is 2.28. The van der Waals surface area contributed by atoms with Gasteiger partial charge in [-0.25, -0.2) is 19.9 Å². The van der Waals surface area contributed by atoms with Crippen LogP contribution in [0.25, 0.3) is 11.2 Å². The molecule has 0 amide bonds. The lowest BCUT2D eigenvalue weighted by Gasteiger charge is -2.17.